The smallest absolute Gasteiger partial charge is 0.339 e. The fourth-order valence-electron chi connectivity index (χ4n) is 1.43. The molecule has 2 aromatic rings. The van der Waals surface area contributed by atoms with E-state index in [4.69, 9.17) is 26.9 Å². The summed E-state index contributed by atoms with van der Waals surface area (Å²) in [6.45, 7) is 0.228. The number of carboxylic acid groups (broad SMARTS) is 1. The first-order chi connectivity index (χ1) is 7.11. The maximum absolute atomic E-state index is 10.9. The molecule has 2 rings (SSSR count). The standard InChI is InChI=1S/C10H8ClNO3/c11-6-1-5-2-7(4-12)15-9(5)8(3-6)10(13)14/h1-3H,4,12H2,(H,13,14). The van der Waals surface area contributed by atoms with Gasteiger partial charge in [-0.25, -0.2) is 4.79 Å². The second-order valence-electron chi connectivity index (χ2n) is 3.09. The molecule has 0 amide bonds. The topological polar surface area (TPSA) is 76.5 Å². The van der Waals surface area contributed by atoms with Gasteiger partial charge in [-0.3, -0.25) is 0 Å². The number of fused-ring (bicyclic) bond motifs is 1. The van der Waals surface area contributed by atoms with Crippen molar-refractivity contribution in [2.45, 2.75) is 6.54 Å². The van der Waals surface area contributed by atoms with E-state index in [0.29, 0.717) is 21.8 Å². The van der Waals surface area contributed by atoms with E-state index >= 15 is 0 Å². The number of hydrogen-bond donors (Lipinski definition) is 2. The molecule has 1 heterocycles. The van der Waals surface area contributed by atoms with Crippen molar-refractivity contribution < 1.29 is 14.3 Å². The van der Waals surface area contributed by atoms with Crippen LogP contribution in [0, 0.1) is 0 Å². The molecule has 15 heavy (non-hydrogen) atoms. The molecule has 0 spiro atoms. The maximum Gasteiger partial charge on any atom is 0.339 e. The Kier molecular flexibility index (Phi) is 2.38. The van der Waals surface area contributed by atoms with Crippen molar-refractivity contribution in [3.8, 4) is 0 Å². The summed E-state index contributed by atoms with van der Waals surface area (Å²) in [7, 11) is 0. The Morgan fingerprint density at radius 3 is 2.80 bits per heavy atom. The van der Waals surface area contributed by atoms with Crippen LogP contribution in [-0.4, -0.2) is 11.1 Å². The van der Waals surface area contributed by atoms with Crippen molar-refractivity contribution in [3.05, 3.63) is 34.5 Å². The van der Waals surface area contributed by atoms with Gasteiger partial charge in [0.05, 0.1) is 6.54 Å². The third-order valence-corrected chi connectivity index (χ3v) is 2.28. The van der Waals surface area contributed by atoms with E-state index < -0.39 is 5.97 Å². The summed E-state index contributed by atoms with van der Waals surface area (Å²) in [6, 6.07) is 4.69. The van der Waals surface area contributed by atoms with Gasteiger partial charge >= 0.3 is 5.97 Å². The first kappa shape index (κ1) is 10.0. The monoisotopic (exact) mass is 225 g/mol. The summed E-state index contributed by atoms with van der Waals surface area (Å²) >= 11 is 5.78. The number of rotatable bonds is 2. The molecule has 0 aliphatic carbocycles. The zero-order valence-electron chi connectivity index (χ0n) is 7.66. The SMILES string of the molecule is NCc1cc2cc(Cl)cc(C(=O)O)c2o1. The van der Waals surface area contributed by atoms with Crippen molar-refractivity contribution in [3.63, 3.8) is 0 Å². The molecular formula is C10H8ClNO3. The molecule has 0 unspecified atom stereocenters. The summed E-state index contributed by atoms with van der Waals surface area (Å²) in [5.41, 5.74) is 5.77. The molecule has 3 N–H and O–H groups in total. The Hall–Kier alpha value is -1.52. The lowest BCUT2D eigenvalue weighted by Gasteiger charge is -1.96. The minimum atomic E-state index is -1.07. The molecular weight excluding hydrogens is 218 g/mol. The highest BCUT2D eigenvalue weighted by molar-refractivity contribution is 6.32. The van der Waals surface area contributed by atoms with Crippen molar-refractivity contribution in [2.75, 3.05) is 0 Å². The van der Waals surface area contributed by atoms with Crippen LogP contribution in [0.25, 0.3) is 11.0 Å². The van der Waals surface area contributed by atoms with Crippen molar-refractivity contribution in [2.24, 2.45) is 5.73 Å². The maximum atomic E-state index is 10.9. The summed E-state index contributed by atoms with van der Waals surface area (Å²) in [6.07, 6.45) is 0. The van der Waals surface area contributed by atoms with Gasteiger partial charge in [-0.2, -0.15) is 0 Å². The van der Waals surface area contributed by atoms with Gasteiger partial charge in [-0.05, 0) is 18.2 Å². The van der Waals surface area contributed by atoms with E-state index in [2.05, 4.69) is 0 Å². The fourth-order valence-corrected chi connectivity index (χ4v) is 1.66. The van der Waals surface area contributed by atoms with E-state index in [0.717, 1.165) is 0 Å². The predicted molar refractivity (Wildman–Crippen MR) is 56.1 cm³/mol. The van der Waals surface area contributed by atoms with Crippen LogP contribution < -0.4 is 5.73 Å². The predicted octanol–water partition coefficient (Wildman–Crippen LogP) is 2.24. The highest BCUT2D eigenvalue weighted by atomic mass is 35.5. The van der Waals surface area contributed by atoms with Crippen molar-refractivity contribution >= 4 is 28.5 Å². The summed E-state index contributed by atoms with van der Waals surface area (Å²) < 4.78 is 5.30. The lowest BCUT2D eigenvalue weighted by atomic mass is 10.1. The van der Waals surface area contributed by atoms with E-state index in [-0.39, 0.29) is 12.1 Å². The van der Waals surface area contributed by atoms with Crippen LogP contribution in [0.2, 0.25) is 5.02 Å². The third kappa shape index (κ3) is 1.69. The second kappa shape index (κ2) is 3.56. The van der Waals surface area contributed by atoms with Gasteiger partial charge in [0.15, 0.2) is 0 Å². The number of carbonyl (C=O) groups is 1. The molecule has 0 saturated heterocycles. The van der Waals surface area contributed by atoms with Gasteiger partial charge in [0.25, 0.3) is 0 Å². The van der Waals surface area contributed by atoms with Gasteiger partial charge in [0.2, 0.25) is 0 Å². The number of carboxylic acids is 1. The molecule has 5 heteroatoms. The summed E-state index contributed by atoms with van der Waals surface area (Å²) in [5.74, 6) is -0.532. The Bertz CT molecular complexity index is 533. The molecule has 0 atom stereocenters. The zero-order chi connectivity index (χ0) is 11.0. The quantitative estimate of drug-likeness (QED) is 0.822. The summed E-state index contributed by atoms with van der Waals surface area (Å²) in [5, 5.41) is 9.96. The number of hydrogen-bond acceptors (Lipinski definition) is 3. The molecule has 0 aliphatic heterocycles. The molecule has 1 aromatic heterocycles. The lowest BCUT2D eigenvalue weighted by Crippen LogP contribution is -1.96. The first-order valence-corrected chi connectivity index (χ1v) is 4.65. The van der Waals surface area contributed by atoms with E-state index in [1.54, 1.807) is 12.1 Å². The highest BCUT2D eigenvalue weighted by Crippen LogP contribution is 2.27. The molecule has 0 fully saturated rings. The molecule has 0 aliphatic rings. The number of nitrogens with two attached hydrogens (primary N) is 1. The van der Waals surface area contributed by atoms with Crippen molar-refractivity contribution in [1.29, 1.82) is 0 Å². The van der Waals surface area contributed by atoms with E-state index in [9.17, 15) is 4.79 Å². The van der Waals surface area contributed by atoms with Crippen LogP contribution >= 0.6 is 11.6 Å². The Labute approximate surface area is 90.2 Å². The first-order valence-electron chi connectivity index (χ1n) is 4.27. The molecule has 0 radical (unpaired) electrons. The van der Waals surface area contributed by atoms with Gasteiger partial charge < -0.3 is 15.3 Å². The second-order valence-corrected chi connectivity index (χ2v) is 3.53. The molecule has 4 nitrogen and oxygen atoms in total. The van der Waals surface area contributed by atoms with Crippen LogP contribution in [0.3, 0.4) is 0 Å². The number of aromatic carboxylic acids is 1. The number of furan rings is 1. The number of halogens is 1. The van der Waals surface area contributed by atoms with Crippen LogP contribution in [-0.2, 0) is 6.54 Å². The van der Waals surface area contributed by atoms with Crippen LogP contribution in [0.1, 0.15) is 16.1 Å². The minimum absolute atomic E-state index is 0.0530. The molecule has 0 bridgehead atoms. The lowest BCUT2D eigenvalue weighted by molar-refractivity contribution is 0.0698. The molecule has 1 aromatic carbocycles. The molecule has 78 valence electrons. The van der Waals surface area contributed by atoms with E-state index in [1.165, 1.54) is 6.07 Å². The molecule has 0 saturated carbocycles. The Morgan fingerprint density at radius 1 is 1.47 bits per heavy atom. The summed E-state index contributed by atoms with van der Waals surface area (Å²) in [4.78, 5) is 10.9. The average Bonchev–Trinajstić information content (AvgIpc) is 2.58. The average molecular weight is 226 g/mol. The van der Waals surface area contributed by atoms with Gasteiger partial charge in [0, 0.05) is 10.4 Å². The minimum Gasteiger partial charge on any atom is -0.478 e. The Morgan fingerprint density at radius 2 is 2.20 bits per heavy atom. The fraction of sp³-hybridized carbons (Fsp3) is 0.100. The van der Waals surface area contributed by atoms with Crippen LogP contribution in [0.15, 0.2) is 22.6 Å². The largest absolute Gasteiger partial charge is 0.478 e. The normalized spacial score (nSPS) is 10.8. The highest BCUT2D eigenvalue weighted by Gasteiger charge is 2.14. The van der Waals surface area contributed by atoms with E-state index in [1.807, 2.05) is 0 Å². The third-order valence-electron chi connectivity index (χ3n) is 2.06. The van der Waals surface area contributed by atoms with Gasteiger partial charge in [-0.1, -0.05) is 11.6 Å². The number of benzene rings is 1. The van der Waals surface area contributed by atoms with Crippen LogP contribution in [0.5, 0.6) is 0 Å². The van der Waals surface area contributed by atoms with Crippen molar-refractivity contribution in [1.82, 2.24) is 0 Å². The van der Waals surface area contributed by atoms with Gasteiger partial charge in [0.1, 0.15) is 16.9 Å². The van der Waals surface area contributed by atoms with Gasteiger partial charge in [-0.15, -0.1) is 0 Å². The zero-order valence-corrected chi connectivity index (χ0v) is 8.41. The Balaban J connectivity index is 2.77. The van der Waals surface area contributed by atoms with Crippen LogP contribution in [0.4, 0.5) is 0 Å².